The third-order valence-corrected chi connectivity index (χ3v) is 3.28. The second kappa shape index (κ2) is 6.70. The Labute approximate surface area is 115 Å². The van der Waals surface area contributed by atoms with Gasteiger partial charge in [0.2, 0.25) is 0 Å². The Hall–Kier alpha value is -1.36. The average molecular weight is 267 g/mol. The molecule has 19 heavy (non-hydrogen) atoms. The number of carbonyl (C=O) groups is 1. The molecule has 0 saturated heterocycles. The number of nitrogens with zero attached hydrogens (tertiary/aromatic N) is 2. The number of aryl methyl sites for hydroxylation is 1. The van der Waals surface area contributed by atoms with E-state index in [9.17, 15) is 4.79 Å². The fraction of sp³-hybridized carbons (Fsp3) is 0.714. The number of rotatable bonds is 6. The standard InChI is InChI=1S/C14H25N3O2/c1-9(2)11(6-7-18)15-14(19)13-8-12(10(3)4)16-17(13)5/h8-11,18H,6-7H2,1-5H3,(H,15,19). The molecule has 2 N–H and O–H groups in total. The van der Waals surface area contributed by atoms with Crippen LogP contribution in [0.4, 0.5) is 0 Å². The molecule has 1 heterocycles. The minimum atomic E-state index is -0.131. The molecule has 0 saturated carbocycles. The van der Waals surface area contributed by atoms with Gasteiger partial charge in [0.15, 0.2) is 0 Å². The number of aromatic nitrogens is 2. The van der Waals surface area contributed by atoms with Crippen LogP contribution in [0.15, 0.2) is 6.07 Å². The number of amides is 1. The first-order chi connectivity index (χ1) is 8.86. The summed E-state index contributed by atoms with van der Waals surface area (Å²) >= 11 is 0. The van der Waals surface area contributed by atoms with E-state index in [4.69, 9.17) is 5.11 Å². The number of aliphatic hydroxyl groups is 1. The van der Waals surface area contributed by atoms with Crippen LogP contribution in [0.3, 0.4) is 0 Å². The summed E-state index contributed by atoms with van der Waals surface area (Å²) in [5.74, 6) is 0.453. The molecule has 1 rings (SSSR count). The third-order valence-electron chi connectivity index (χ3n) is 3.28. The molecule has 0 fully saturated rings. The second-order valence-electron chi connectivity index (χ2n) is 5.57. The molecule has 0 aliphatic rings. The van der Waals surface area contributed by atoms with Crippen molar-refractivity contribution in [3.63, 3.8) is 0 Å². The van der Waals surface area contributed by atoms with Gasteiger partial charge in [-0.1, -0.05) is 27.7 Å². The SMILES string of the molecule is CC(C)c1cc(C(=O)NC(CCO)C(C)C)n(C)n1. The van der Waals surface area contributed by atoms with Crippen molar-refractivity contribution in [2.24, 2.45) is 13.0 Å². The molecule has 0 aromatic carbocycles. The molecule has 1 atom stereocenters. The Kier molecular flexibility index (Phi) is 5.54. The lowest BCUT2D eigenvalue weighted by Gasteiger charge is -2.21. The lowest BCUT2D eigenvalue weighted by molar-refractivity contribution is 0.0907. The predicted molar refractivity (Wildman–Crippen MR) is 75.1 cm³/mol. The lowest BCUT2D eigenvalue weighted by Crippen LogP contribution is -2.39. The Morgan fingerprint density at radius 2 is 2.05 bits per heavy atom. The van der Waals surface area contributed by atoms with Gasteiger partial charge in [0.05, 0.1) is 5.69 Å². The smallest absolute Gasteiger partial charge is 0.269 e. The number of nitrogens with one attached hydrogen (secondary N) is 1. The van der Waals surface area contributed by atoms with Crippen molar-refractivity contribution >= 4 is 5.91 Å². The summed E-state index contributed by atoms with van der Waals surface area (Å²) in [4.78, 5) is 12.2. The lowest BCUT2D eigenvalue weighted by atomic mass is 10.0. The Morgan fingerprint density at radius 3 is 2.47 bits per heavy atom. The number of carbonyl (C=O) groups excluding carboxylic acids is 1. The van der Waals surface area contributed by atoms with Crippen LogP contribution in [0.25, 0.3) is 0 Å². The van der Waals surface area contributed by atoms with Gasteiger partial charge in [0.1, 0.15) is 5.69 Å². The van der Waals surface area contributed by atoms with Gasteiger partial charge in [-0.15, -0.1) is 0 Å². The highest BCUT2D eigenvalue weighted by atomic mass is 16.3. The molecule has 1 aromatic rings. The normalized spacial score (nSPS) is 13.1. The van der Waals surface area contributed by atoms with Gasteiger partial charge in [0, 0.05) is 19.7 Å². The molecular weight excluding hydrogens is 242 g/mol. The Morgan fingerprint density at radius 1 is 1.42 bits per heavy atom. The Bertz CT molecular complexity index is 424. The van der Waals surface area contributed by atoms with Crippen LogP contribution < -0.4 is 5.32 Å². The highest BCUT2D eigenvalue weighted by Gasteiger charge is 2.20. The van der Waals surface area contributed by atoms with E-state index in [0.29, 0.717) is 18.0 Å². The van der Waals surface area contributed by atoms with Gasteiger partial charge >= 0.3 is 0 Å². The first-order valence-corrected chi connectivity index (χ1v) is 6.82. The van der Waals surface area contributed by atoms with Crippen molar-refractivity contribution in [3.8, 4) is 0 Å². The van der Waals surface area contributed by atoms with Crippen LogP contribution in [-0.2, 0) is 7.05 Å². The van der Waals surface area contributed by atoms with E-state index < -0.39 is 0 Å². The van der Waals surface area contributed by atoms with E-state index in [1.807, 2.05) is 33.8 Å². The zero-order valence-electron chi connectivity index (χ0n) is 12.5. The summed E-state index contributed by atoms with van der Waals surface area (Å²) in [5.41, 5.74) is 1.48. The maximum absolute atomic E-state index is 12.2. The summed E-state index contributed by atoms with van der Waals surface area (Å²) in [6, 6.07) is 1.81. The average Bonchev–Trinajstić information content (AvgIpc) is 2.70. The van der Waals surface area contributed by atoms with Crippen molar-refractivity contribution in [2.45, 2.75) is 46.1 Å². The molecule has 0 spiro atoms. The quantitative estimate of drug-likeness (QED) is 0.824. The second-order valence-corrected chi connectivity index (χ2v) is 5.57. The summed E-state index contributed by atoms with van der Waals surface area (Å²) in [7, 11) is 1.78. The molecule has 0 aliphatic heterocycles. The minimum absolute atomic E-state index is 0.0186. The van der Waals surface area contributed by atoms with Crippen molar-refractivity contribution in [1.29, 1.82) is 0 Å². The van der Waals surface area contributed by atoms with Gasteiger partial charge in [-0.3, -0.25) is 9.48 Å². The van der Waals surface area contributed by atoms with Crippen molar-refractivity contribution < 1.29 is 9.90 Å². The van der Waals surface area contributed by atoms with E-state index >= 15 is 0 Å². The van der Waals surface area contributed by atoms with Gasteiger partial charge in [-0.25, -0.2) is 0 Å². The van der Waals surface area contributed by atoms with E-state index in [-0.39, 0.29) is 24.5 Å². The Balaban J connectivity index is 2.82. The van der Waals surface area contributed by atoms with Crippen molar-refractivity contribution in [2.75, 3.05) is 6.61 Å². The topological polar surface area (TPSA) is 67.2 Å². The summed E-state index contributed by atoms with van der Waals surface area (Å²) in [5, 5.41) is 16.3. The number of hydrogen-bond donors (Lipinski definition) is 2. The van der Waals surface area contributed by atoms with Crippen molar-refractivity contribution in [3.05, 3.63) is 17.5 Å². The molecule has 0 bridgehead atoms. The zero-order chi connectivity index (χ0) is 14.6. The van der Waals surface area contributed by atoms with Gasteiger partial charge < -0.3 is 10.4 Å². The van der Waals surface area contributed by atoms with E-state index in [1.165, 1.54) is 0 Å². The summed E-state index contributed by atoms with van der Waals surface area (Å²) in [6.45, 7) is 8.23. The van der Waals surface area contributed by atoms with Crippen LogP contribution in [0.1, 0.15) is 56.2 Å². The van der Waals surface area contributed by atoms with Crippen LogP contribution in [0.2, 0.25) is 0 Å². The van der Waals surface area contributed by atoms with Crippen LogP contribution in [-0.4, -0.2) is 33.4 Å². The van der Waals surface area contributed by atoms with E-state index in [1.54, 1.807) is 11.7 Å². The summed E-state index contributed by atoms with van der Waals surface area (Å²) < 4.78 is 1.61. The van der Waals surface area contributed by atoms with Crippen LogP contribution in [0, 0.1) is 5.92 Å². The maximum atomic E-state index is 12.2. The molecular formula is C14H25N3O2. The van der Waals surface area contributed by atoms with Crippen molar-refractivity contribution in [1.82, 2.24) is 15.1 Å². The molecule has 1 unspecified atom stereocenters. The van der Waals surface area contributed by atoms with Gasteiger partial charge in [-0.2, -0.15) is 5.10 Å². The largest absolute Gasteiger partial charge is 0.396 e. The molecule has 108 valence electrons. The number of hydrogen-bond acceptors (Lipinski definition) is 3. The molecule has 1 amide bonds. The predicted octanol–water partition coefficient (Wildman–Crippen LogP) is 1.68. The molecule has 0 aliphatic carbocycles. The fourth-order valence-electron chi connectivity index (χ4n) is 1.94. The van der Waals surface area contributed by atoms with E-state index in [2.05, 4.69) is 10.4 Å². The highest BCUT2D eigenvalue weighted by Crippen LogP contribution is 2.14. The molecule has 5 nitrogen and oxygen atoms in total. The first kappa shape index (κ1) is 15.7. The van der Waals surface area contributed by atoms with Crippen LogP contribution in [0.5, 0.6) is 0 Å². The first-order valence-electron chi connectivity index (χ1n) is 6.82. The maximum Gasteiger partial charge on any atom is 0.269 e. The minimum Gasteiger partial charge on any atom is -0.396 e. The van der Waals surface area contributed by atoms with Gasteiger partial charge in [0.25, 0.3) is 5.91 Å². The zero-order valence-corrected chi connectivity index (χ0v) is 12.5. The van der Waals surface area contributed by atoms with Crippen LogP contribution >= 0.6 is 0 Å². The monoisotopic (exact) mass is 267 g/mol. The molecule has 1 aromatic heterocycles. The molecule has 5 heteroatoms. The highest BCUT2D eigenvalue weighted by molar-refractivity contribution is 5.92. The number of aliphatic hydroxyl groups excluding tert-OH is 1. The fourth-order valence-corrected chi connectivity index (χ4v) is 1.94. The van der Waals surface area contributed by atoms with E-state index in [0.717, 1.165) is 5.69 Å². The van der Waals surface area contributed by atoms with Gasteiger partial charge in [-0.05, 0) is 24.3 Å². The molecule has 0 radical (unpaired) electrons. The third kappa shape index (κ3) is 4.06. The summed E-state index contributed by atoms with van der Waals surface area (Å²) in [6.07, 6.45) is 0.568.